The van der Waals surface area contributed by atoms with E-state index >= 15 is 0 Å². The number of hydrogen-bond acceptors (Lipinski definition) is 6. The topological polar surface area (TPSA) is 116 Å². The van der Waals surface area contributed by atoms with Crippen LogP contribution in [0.2, 0.25) is 0 Å². The molecule has 0 aliphatic heterocycles. The highest BCUT2D eigenvalue weighted by Crippen LogP contribution is 2.34. The van der Waals surface area contributed by atoms with Crippen LogP contribution in [0.25, 0.3) is 27.0 Å². The number of anilines is 3. The molecule has 0 saturated heterocycles. The molecule has 0 fully saturated rings. The van der Waals surface area contributed by atoms with Gasteiger partial charge in [-0.3, -0.25) is 4.79 Å². The lowest BCUT2D eigenvalue weighted by Crippen LogP contribution is -2.23. The summed E-state index contributed by atoms with van der Waals surface area (Å²) in [6.07, 6.45) is 0. The van der Waals surface area contributed by atoms with Crippen molar-refractivity contribution in [1.29, 1.82) is 0 Å². The van der Waals surface area contributed by atoms with Gasteiger partial charge in [0, 0.05) is 18.0 Å². The molecule has 0 saturated carbocycles. The van der Waals surface area contributed by atoms with Crippen LogP contribution in [0, 0.1) is 6.57 Å². The van der Waals surface area contributed by atoms with Crippen molar-refractivity contribution in [1.82, 2.24) is 14.5 Å². The first-order chi connectivity index (χ1) is 14.9. The van der Waals surface area contributed by atoms with Crippen LogP contribution in [0.4, 0.5) is 23.3 Å². The van der Waals surface area contributed by atoms with Gasteiger partial charge in [-0.15, -0.1) is 0 Å². The molecule has 8 heteroatoms. The minimum Gasteiger partial charge on any atom is -0.392 e. The third kappa shape index (κ3) is 3.42. The lowest BCUT2D eigenvalue weighted by Gasteiger charge is -2.23. The Morgan fingerprint density at radius 2 is 1.74 bits per heavy atom. The molecule has 4 aromatic rings. The first-order valence-corrected chi connectivity index (χ1v) is 9.66. The van der Waals surface area contributed by atoms with Gasteiger partial charge < -0.3 is 21.4 Å². The summed E-state index contributed by atoms with van der Waals surface area (Å²) in [7, 11) is 1.94. The minimum atomic E-state index is -0.493. The number of fused-ring (bicyclic) bond motifs is 1. The normalized spacial score (nSPS) is 11.8. The van der Waals surface area contributed by atoms with Gasteiger partial charge in [0.25, 0.3) is 5.69 Å². The molecule has 5 N–H and O–H groups in total. The van der Waals surface area contributed by atoms with E-state index in [9.17, 15) is 4.79 Å². The molecule has 1 unspecified atom stereocenters. The van der Waals surface area contributed by atoms with Crippen molar-refractivity contribution in [3.05, 3.63) is 81.8 Å². The predicted octanol–water partition coefficient (Wildman–Crippen LogP) is 3.88. The van der Waals surface area contributed by atoms with E-state index in [1.54, 1.807) is 0 Å². The number of pyridine rings is 1. The second kappa shape index (κ2) is 7.80. The average Bonchev–Trinajstić information content (AvgIpc) is 2.76. The SMILES string of the molecule is [C-]#[N+]c1c(N)nc(N)nc1NC(C)c1c(-c2ccccc2)n(C)c2ccccc2c1=O. The van der Waals surface area contributed by atoms with Crippen molar-refractivity contribution in [2.24, 2.45) is 7.05 Å². The van der Waals surface area contributed by atoms with Crippen molar-refractivity contribution < 1.29 is 0 Å². The number of nitrogens with two attached hydrogens (primary N) is 2. The molecule has 154 valence electrons. The monoisotopic (exact) mass is 411 g/mol. The van der Waals surface area contributed by atoms with Gasteiger partial charge in [-0.25, -0.2) is 14.8 Å². The minimum absolute atomic E-state index is 0.00750. The van der Waals surface area contributed by atoms with Gasteiger partial charge in [-0.1, -0.05) is 42.5 Å². The van der Waals surface area contributed by atoms with E-state index in [-0.39, 0.29) is 28.7 Å². The van der Waals surface area contributed by atoms with Crippen LogP contribution < -0.4 is 22.2 Å². The lowest BCUT2D eigenvalue weighted by atomic mass is 9.97. The first kappa shape index (κ1) is 19.9. The van der Waals surface area contributed by atoms with Crippen LogP contribution in [-0.2, 0) is 7.05 Å². The number of rotatable bonds is 4. The Balaban J connectivity index is 1.97. The van der Waals surface area contributed by atoms with Crippen LogP contribution in [-0.4, -0.2) is 14.5 Å². The van der Waals surface area contributed by atoms with E-state index in [2.05, 4.69) is 20.1 Å². The lowest BCUT2D eigenvalue weighted by molar-refractivity contribution is 0.838. The Kier molecular flexibility index (Phi) is 5.01. The quantitative estimate of drug-likeness (QED) is 0.439. The maximum Gasteiger partial charge on any atom is 0.268 e. The van der Waals surface area contributed by atoms with Gasteiger partial charge in [0.15, 0.2) is 5.43 Å². The smallest absolute Gasteiger partial charge is 0.268 e. The molecule has 2 heterocycles. The molecule has 0 aliphatic rings. The number of aryl methyl sites for hydroxylation is 1. The second-order valence-corrected chi connectivity index (χ2v) is 7.18. The number of nitrogen functional groups attached to an aromatic ring is 2. The average molecular weight is 411 g/mol. The van der Waals surface area contributed by atoms with Crippen molar-refractivity contribution in [3.8, 4) is 11.3 Å². The van der Waals surface area contributed by atoms with Crippen molar-refractivity contribution in [2.75, 3.05) is 16.8 Å². The molecular formula is C23H21N7O. The largest absolute Gasteiger partial charge is 0.392 e. The standard InChI is InChI=1S/C23H21N7O/c1-13(27-22-18(26-2)21(24)28-23(25)29-22)17-19(14-9-5-4-6-10-14)30(3)16-12-8-7-11-15(16)20(17)31/h4-13H,1,3H3,(H5,24,25,27,28,29). The molecule has 0 spiro atoms. The van der Waals surface area contributed by atoms with Crippen LogP contribution in [0.15, 0.2) is 59.4 Å². The molecule has 2 aromatic heterocycles. The third-order valence-electron chi connectivity index (χ3n) is 5.22. The zero-order valence-corrected chi connectivity index (χ0v) is 17.1. The Labute approximate surface area is 179 Å². The Morgan fingerprint density at radius 3 is 2.45 bits per heavy atom. The van der Waals surface area contributed by atoms with Crippen LogP contribution >= 0.6 is 0 Å². The molecule has 0 amide bonds. The number of aromatic nitrogens is 3. The van der Waals surface area contributed by atoms with Crippen LogP contribution in [0.3, 0.4) is 0 Å². The summed E-state index contributed by atoms with van der Waals surface area (Å²) in [5.41, 5.74) is 14.6. The van der Waals surface area contributed by atoms with E-state index in [4.69, 9.17) is 18.0 Å². The highest BCUT2D eigenvalue weighted by atomic mass is 16.1. The molecule has 0 aliphatic carbocycles. The molecule has 8 nitrogen and oxygen atoms in total. The first-order valence-electron chi connectivity index (χ1n) is 9.66. The summed E-state index contributed by atoms with van der Waals surface area (Å²) in [4.78, 5) is 25.0. The van der Waals surface area contributed by atoms with E-state index in [1.165, 1.54) is 0 Å². The van der Waals surface area contributed by atoms with E-state index in [0.717, 1.165) is 16.8 Å². The number of para-hydroxylation sites is 1. The van der Waals surface area contributed by atoms with Crippen molar-refractivity contribution >= 4 is 34.2 Å². The highest BCUT2D eigenvalue weighted by molar-refractivity contribution is 5.85. The fourth-order valence-electron chi connectivity index (χ4n) is 3.84. The van der Waals surface area contributed by atoms with Gasteiger partial charge in [0.1, 0.15) is 11.6 Å². The van der Waals surface area contributed by atoms with Gasteiger partial charge in [-0.05, 0) is 24.6 Å². The maximum absolute atomic E-state index is 13.6. The van der Waals surface area contributed by atoms with Crippen molar-refractivity contribution in [2.45, 2.75) is 13.0 Å². The summed E-state index contributed by atoms with van der Waals surface area (Å²) >= 11 is 0. The van der Waals surface area contributed by atoms with E-state index < -0.39 is 6.04 Å². The zero-order chi connectivity index (χ0) is 22.1. The zero-order valence-electron chi connectivity index (χ0n) is 17.1. The van der Waals surface area contributed by atoms with Gasteiger partial charge in [0.05, 0.1) is 23.8 Å². The molecular weight excluding hydrogens is 390 g/mol. The Hall–Kier alpha value is -4.38. The number of hydrogen-bond donors (Lipinski definition) is 3. The maximum atomic E-state index is 13.6. The van der Waals surface area contributed by atoms with E-state index in [1.807, 2.05) is 73.1 Å². The third-order valence-corrected chi connectivity index (χ3v) is 5.22. The number of benzene rings is 2. The summed E-state index contributed by atoms with van der Waals surface area (Å²) < 4.78 is 2.01. The molecule has 2 aromatic carbocycles. The predicted molar refractivity (Wildman–Crippen MR) is 124 cm³/mol. The molecule has 1 atom stereocenters. The van der Waals surface area contributed by atoms with Gasteiger partial charge in [0.2, 0.25) is 5.95 Å². The van der Waals surface area contributed by atoms with Crippen molar-refractivity contribution in [3.63, 3.8) is 0 Å². The fourth-order valence-corrected chi connectivity index (χ4v) is 3.84. The Bertz CT molecular complexity index is 1390. The van der Waals surface area contributed by atoms with Gasteiger partial charge in [-0.2, -0.15) is 0 Å². The summed E-state index contributed by atoms with van der Waals surface area (Å²) in [6.45, 7) is 9.27. The molecule has 0 radical (unpaired) electrons. The number of nitrogens with zero attached hydrogens (tertiary/aromatic N) is 4. The molecule has 31 heavy (non-hydrogen) atoms. The Morgan fingerprint density at radius 1 is 1.06 bits per heavy atom. The summed E-state index contributed by atoms with van der Waals surface area (Å²) in [5.74, 6) is 0.142. The second-order valence-electron chi connectivity index (χ2n) is 7.18. The van der Waals surface area contributed by atoms with Gasteiger partial charge >= 0.3 is 0 Å². The van der Waals surface area contributed by atoms with Crippen LogP contribution in [0.5, 0.6) is 0 Å². The molecule has 4 rings (SSSR count). The summed E-state index contributed by atoms with van der Waals surface area (Å²) in [6, 6.07) is 16.7. The fraction of sp³-hybridized carbons (Fsp3) is 0.130. The molecule has 0 bridgehead atoms. The number of nitrogens with one attached hydrogen (secondary N) is 1. The summed E-state index contributed by atoms with van der Waals surface area (Å²) in [5, 5.41) is 3.78. The van der Waals surface area contributed by atoms with Crippen LogP contribution in [0.1, 0.15) is 18.5 Å². The van der Waals surface area contributed by atoms with E-state index in [0.29, 0.717) is 10.9 Å². The highest BCUT2D eigenvalue weighted by Gasteiger charge is 2.23.